The average molecular weight is 346 g/mol. The predicted molar refractivity (Wildman–Crippen MR) is 77.0 cm³/mol. The standard InChI is InChI=1S/C10H14BrClN2S.ClH/c1-7-5-13-2-3-14(7)6-8-4-9(11)10(12)15-8;/h4,7,13H,2-3,5-6H2,1H3;1H. The third-order valence-electron chi connectivity index (χ3n) is 2.69. The van der Waals surface area contributed by atoms with E-state index in [0.717, 1.165) is 35.0 Å². The average Bonchev–Trinajstić information content (AvgIpc) is 2.50. The highest BCUT2D eigenvalue weighted by Gasteiger charge is 2.18. The summed E-state index contributed by atoms with van der Waals surface area (Å²) < 4.78 is 1.87. The van der Waals surface area contributed by atoms with E-state index >= 15 is 0 Å². The van der Waals surface area contributed by atoms with Crippen molar-refractivity contribution in [3.63, 3.8) is 0 Å². The van der Waals surface area contributed by atoms with Gasteiger partial charge < -0.3 is 5.32 Å². The molecular weight excluding hydrogens is 331 g/mol. The molecular formula is C10H15BrCl2N2S. The number of thiophene rings is 1. The first-order chi connectivity index (χ1) is 7.16. The first kappa shape index (κ1) is 14.7. The van der Waals surface area contributed by atoms with Gasteiger partial charge in [0.1, 0.15) is 4.34 Å². The van der Waals surface area contributed by atoms with Gasteiger partial charge in [0.25, 0.3) is 0 Å². The molecule has 2 nitrogen and oxygen atoms in total. The highest BCUT2D eigenvalue weighted by molar-refractivity contribution is 9.10. The maximum Gasteiger partial charge on any atom is 0.107 e. The molecule has 0 aliphatic carbocycles. The Labute approximate surface area is 120 Å². The van der Waals surface area contributed by atoms with Crippen LogP contribution in [0.1, 0.15) is 11.8 Å². The Kier molecular flexibility index (Phi) is 6.05. The fraction of sp³-hybridized carbons (Fsp3) is 0.600. The van der Waals surface area contributed by atoms with Crippen molar-refractivity contribution in [2.75, 3.05) is 19.6 Å². The zero-order valence-electron chi connectivity index (χ0n) is 9.00. The molecule has 92 valence electrons. The quantitative estimate of drug-likeness (QED) is 0.883. The van der Waals surface area contributed by atoms with Crippen LogP contribution in [0.2, 0.25) is 4.34 Å². The Morgan fingerprint density at radius 3 is 3.00 bits per heavy atom. The molecule has 1 fully saturated rings. The molecule has 0 amide bonds. The minimum Gasteiger partial charge on any atom is -0.314 e. The van der Waals surface area contributed by atoms with Gasteiger partial charge in [-0.05, 0) is 28.9 Å². The molecule has 6 heteroatoms. The summed E-state index contributed by atoms with van der Waals surface area (Å²) in [7, 11) is 0. The van der Waals surface area contributed by atoms with Crippen molar-refractivity contribution in [1.29, 1.82) is 0 Å². The van der Waals surface area contributed by atoms with Crippen LogP contribution in [-0.4, -0.2) is 30.6 Å². The van der Waals surface area contributed by atoms with Crippen molar-refractivity contribution in [2.45, 2.75) is 19.5 Å². The van der Waals surface area contributed by atoms with Gasteiger partial charge in [-0.25, -0.2) is 0 Å². The minimum atomic E-state index is 0. The number of hydrogen-bond donors (Lipinski definition) is 1. The van der Waals surface area contributed by atoms with Crippen molar-refractivity contribution in [1.82, 2.24) is 10.2 Å². The van der Waals surface area contributed by atoms with Crippen LogP contribution in [0.4, 0.5) is 0 Å². The van der Waals surface area contributed by atoms with E-state index in [9.17, 15) is 0 Å². The summed E-state index contributed by atoms with van der Waals surface area (Å²) in [5.74, 6) is 0. The van der Waals surface area contributed by atoms with Crippen LogP contribution in [0.25, 0.3) is 0 Å². The molecule has 0 spiro atoms. The fourth-order valence-electron chi connectivity index (χ4n) is 1.79. The van der Waals surface area contributed by atoms with E-state index in [1.54, 1.807) is 11.3 Å². The largest absolute Gasteiger partial charge is 0.314 e. The fourth-order valence-corrected chi connectivity index (χ4v) is 3.60. The van der Waals surface area contributed by atoms with Gasteiger partial charge >= 0.3 is 0 Å². The van der Waals surface area contributed by atoms with Gasteiger partial charge in [-0.2, -0.15) is 0 Å². The minimum absolute atomic E-state index is 0. The summed E-state index contributed by atoms with van der Waals surface area (Å²) in [4.78, 5) is 3.83. The van der Waals surface area contributed by atoms with Crippen molar-refractivity contribution in [3.05, 3.63) is 19.8 Å². The highest BCUT2D eigenvalue weighted by Crippen LogP contribution is 2.32. The summed E-state index contributed by atoms with van der Waals surface area (Å²) >= 11 is 11.1. The highest BCUT2D eigenvalue weighted by atomic mass is 79.9. The van der Waals surface area contributed by atoms with Gasteiger partial charge in [-0.15, -0.1) is 23.7 Å². The molecule has 1 aliphatic rings. The summed E-state index contributed by atoms with van der Waals surface area (Å²) in [6.07, 6.45) is 0. The van der Waals surface area contributed by atoms with Gasteiger partial charge in [-0.1, -0.05) is 11.6 Å². The number of rotatable bonds is 2. The number of nitrogens with zero attached hydrogens (tertiary/aromatic N) is 1. The molecule has 0 radical (unpaired) electrons. The van der Waals surface area contributed by atoms with E-state index in [4.69, 9.17) is 11.6 Å². The van der Waals surface area contributed by atoms with Gasteiger partial charge in [0.15, 0.2) is 0 Å². The van der Waals surface area contributed by atoms with Crippen molar-refractivity contribution in [3.8, 4) is 0 Å². The van der Waals surface area contributed by atoms with Gasteiger partial charge in [0.05, 0.1) is 0 Å². The molecule has 0 bridgehead atoms. The van der Waals surface area contributed by atoms with Crippen LogP contribution in [-0.2, 0) is 6.54 Å². The van der Waals surface area contributed by atoms with E-state index in [1.807, 2.05) is 0 Å². The van der Waals surface area contributed by atoms with Gasteiger partial charge in [-0.3, -0.25) is 4.90 Å². The molecule has 1 aliphatic heterocycles. The third-order valence-corrected chi connectivity index (χ3v) is 5.15. The predicted octanol–water partition coefficient (Wildman–Crippen LogP) is 3.38. The lowest BCUT2D eigenvalue weighted by molar-refractivity contribution is 0.167. The van der Waals surface area contributed by atoms with E-state index in [2.05, 4.69) is 39.1 Å². The van der Waals surface area contributed by atoms with E-state index in [1.165, 1.54) is 4.88 Å². The smallest absolute Gasteiger partial charge is 0.107 e. The van der Waals surface area contributed by atoms with Crippen LogP contribution in [0.5, 0.6) is 0 Å². The lowest BCUT2D eigenvalue weighted by atomic mass is 10.2. The van der Waals surface area contributed by atoms with Gasteiger partial charge in [0.2, 0.25) is 0 Å². The summed E-state index contributed by atoms with van der Waals surface area (Å²) in [5.41, 5.74) is 0. The zero-order valence-corrected chi connectivity index (χ0v) is 13.0. The Balaban J connectivity index is 0.00000128. The van der Waals surface area contributed by atoms with Crippen LogP contribution < -0.4 is 5.32 Å². The Morgan fingerprint density at radius 2 is 2.44 bits per heavy atom. The molecule has 2 rings (SSSR count). The Bertz CT molecular complexity index is 326. The topological polar surface area (TPSA) is 15.3 Å². The number of piperazine rings is 1. The number of halogens is 3. The van der Waals surface area contributed by atoms with Crippen LogP contribution in [0, 0.1) is 0 Å². The van der Waals surface area contributed by atoms with Crippen LogP contribution in [0.3, 0.4) is 0 Å². The number of nitrogens with one attached hydrogen (secondary N) is 1. The summed E-state index contributed by atoms with van der Waals surface area (Å²) in [5, 5.41) is 3.39. The maximum absolute atomic E-state index is 6.02. The first-order valence-corrected chi connectivity index (χ1v) is 7.04. The molecule has 1 aromatic heterocycles. The molecule has 16 heavy (non-hydrogen) atoms. The Morgan fingerprint density at radius 1 is 1.69 bits per heavy atom. The van der Waals surface area contributed by atoms with Crippen molar-refractivity contribution < 1.29 is 0 Å². The second kappa shape index (κ2) is 6.57. The summed E-state index contributed by atoms with van der Waals surface area (Å²) in [6, 6.07) is 2.74. The maximum atomic E-state index is 6.02. The van der Waals surface area contributed by atoms with Crippen LogP contribution >= 0.6 is 51.3 Å². The summed E-state index contributed by atoms with van der Waals surface area (Å²) in [6.45, 7) is 6.56. The second-order valence-electron chi connectivity index (χ2n) is 3.86. The molecule has 1 N–H and O–H groups in total. The van der Waals surface area contributed by atoms with E-state index in [0.29, 0.717) is 6.04 Å². The second-order valence-corrected chi connectivity index (χ2v) is 6.45. The monoisotopic (exact) mass is 344 g/mol. The molecule has 2 heterocycles. The SMILES string of the molecule is CC1CNCCN1Cc1cc(Br)c(Cl)s1.Cl. The van der Waals surface area contributed by atoms with Gasteiger partial charge in [0, 0.05) is 41.6 Å². The zero-order chi connectivity index (χ0) is 10.8. The number of hydrogen-bond acceptors (Lipinski definition) is 3. The van der Waals surface area contributed by atoms with Crippen molar-refractivity contribution >= 4 is 51.3 Å². The molecule has 0 saturated carbocycles. The Hall–Kier alpha value is 0.680. The van der Waals surface area contributed by atoms with E-state index < -0.39 is 0 Å². The third kappa shape index (κ3) is 3.59. The molecule has 1 aromatic rings. The molecule has 1 atom stereocenters. The normalized spacial score (nSPS) is 21.8. The van der Waals surface area contributed by atoms with Crippen LogP contribution in [0.15, 0.2) is 10.5 Å². The molecule has 1 unspecified atom stereocenters. The molecule has 0 aromatic carbocycles. The lowest BCUT2D eigenvalue weighted by Crippen LogP contribution is -2.49. The lowest BCUT2D eigenvalue weighted by Gasteiger charge is -2.33. The van der Waals surface area contributed by atoms with Crippen molar-refractivity contribution in [2.24, 2.45) is 0 Å². The van der Waals surface area contributed by atoms with E-state index in [-0.39, 0.29) is 12.4 Å². The molecule has 1 saturated heterocycles. The first-order valence-electron chi connectivity index (χ1n) is 5.05.